The molecule has 0 radical (unpaired) electrons. The zero-order valence-corrected chi connectivity index (χ0v) is 9.02. The van der Waals surface area contributed by atoms with E-state index >= 15 is 0 Å². The first kappa shape index (κ1) is 11.1. The van der Waals surface area contributed by atoms with Gasteiger partial charge >= 0.3 is 5.97 Å². The van der Waals surface area contributed by atoms with E-state index in [1.54, 1.807) is 0 Å². The van der Waals surface area contributed by atoms with Crippen LogP contribution < -0.4 is 11.1 Å². The van der Waals surface area contributed by atoms with Gasteiger partial charge in [-0.3, -0.25) is 4.79 Å². The highest BCUT2D eigenvalue weighted by Crippen LogP contribution is 2.12. The van der Waals surface area contributed by atoms with Crippen molar-refractivity contribution in [2.75, 3.05) is 6.54 Å². The van der Waals surface area contributed by atoms with Crippen molar-refractivity contribution >= 4 is 5.97 Å². The lowest BCUT2D eigenvalue weighted by atomic mass is 10.0. The highest BCUT2D eigenvalue weighted by molar-refractivity contribution is 5.73. The topological polar surface area (TPSA) is 85.3 Å². The molecule has 1 aliphatic heterocycles. The van der Waals surface area contributed by atoms with Crippen molar-refractivity contribution in [1.82, 2.24) is 5.32 Å². The van der Waals surface area contributed by atoms with E-state index in [0.29, 0.717) is 12.5 Å². The minimum Gasteiger partial charge on any atom is -0.480 e. The van der Waals surface area contributed by atoms with Crippen LogP contribution in [-0.2, 0) is 17.6 Å². The lowest BCUT2D eigenvalue weighted by Crippen LogP contribution is -2.32. The minimum absolute atomic E-state index is 0.390. The van der Waals surface area contributed by atoms with Crippen LogP contribution in [-0.4, -0.2) is 29.7 Å². The molecule has 0 spiro atoms. The molecular weight excluding hydrogens is 204 g/mol. The van der Waals surface area contributed by atoms with Gasteiger partial charge in [-0.1, -0.05) is 24.3 Å². The number of rotatable bonds is 5. The third-order valence-electron chi connectivity index (χ3n) is 2.74. The van der Waals surface area contributed by atoms with Gasteiger partial charge in [0.25, 0.3) is 0 Å². The average Bonchev–Trinajstić information content (AvgIpc) is 3.02. The number of aliphatic carboxylic acids is 1. The number of carbonyl (C=O) groups is 1. The molecule has 1 unspecified atom stereocenters. The highest BCUT2D eigenvalue weighted by atomic mass is 16.4. The van der Waals surface area contributed by atoms with Crippen molar-refractivity contribution in [2.24, 2.45) is 5.73 Å². The van der Waals surface area contributed by atoms with E-state index in [1.165, 1.54) is 5.56 Å². The van der Waals surface area contributed by atoms with Crippen molar-refractivity contribution in [3.05, 3.63) is 35.4 Å². The van der Waals surface area contributed by atoms with Crippen LogP contribution in [0.5, 0.6) is 0 Å². The van der Waals surface area contributed by atoms with Crippen molar-refractivity contribution in [3.8, 4) is 0 Å². The molecule has 0 saturated carbocycles. The van der Waals surface area contributed by atoms with Gasteiger partial charge in [0.2, 0.25) is 0 Å². The quantitative estimate of drug-likeness (QED) is 0.617. The maximum absolute atomic E-state index is 10.6. The fraction of sp³-hybridized carbons (Fsp3) is 0.417. The third-order valence-corrected chi connectivity index (χ3v) is 2.74. The molecule has 86 valence electrons. The van der Waals surface area contributed by atoms with Crippen molar-refractivity contribution < 1.29 is 9.90 Å². The van der Waals surface area contributed by atoms with Gasteiger partial charge < -0.3 is 16.2 Å². The number of carboxylic acid groups (broad SMARTS) is 1. The summed E-state index contributed by atoms with van der Waals surface area (Å²) < 4.78 is 0. The van der Waals surface area contributed by atoms with Crippen LogP contribution in [0.3, 0.4) is 0 Å². The second kappa shape index (κ2) is 4.63. The predicted molar refractivity (Wildman–Crippen MR) is 61.3 cm³/mol. The van der Waals surface area contributed by atoms with E-state index in [4.69, 9.17) is 10.8 Å². The Balaban J connectivity index is 2.00. The molecule has 16 heavy (non-hydrogen) atoms. The molecule has 2 atom stereocenters. The number of benzene rings is 1. The summed E-state index contributed by atoms with van der Waals surface area (Å²) in [5.74, 6) is -0.950. The summed E-state index contributed by atoms with van der Waals surface area (Å²) in [6, 6.07) is 7.78. The van der Waals surface area contributed by atoms with E-state index in [0.717, 1.165) is 18.5 Å². The average molecular weight is 220 g/mol. The molecule has 4 nitrogen and oxygen atoms in total. The molecule has 1 heterocycles. The van der Waals surface area contributed by atoms with Gasteiger partial charge in [-0.2, -0.15) is 0 Å². The van der Waals surface area contributed by atoms with Crippen LogP contribution >= 0.6 is 0 Å². The van der Waals surface area contributed by atoms with Gasteiger partial charge in [0.15, 0.2) is 0 Å². The zero-order valence-electron chi connectivity index (χ0n) is 9.02. The SMILES string of the molecule is N[C@@H](Cc1cccc(CC2CN2)c1)C(=O)O. The Morgan fingerprint density at radius 2 is 2.25 bits per heavy atom. The molecule has 4 N–H and O–H groups in total. The standard InChI is InChI=1S/C12H16N2O2/c13-11(12(15)16)6-9-3-1-2-8(4-9)5-10-7-14-10/h1-4,10-11,14H,5-7,13H2,(H,15,16)/t10?,11-/m0/s1. The first-order chi connectivity index (χ1) is 7.65. The van der Waals surface area contributed by atoms with E-state index in [9.17, 15) is 4.79 Å². The van der Waals surface area contributed by atoms with E-state index < -0.39 is 12.0 Å². The molecule has 1 aliphatic rings. The largest absolute Gasteiger partial charge is 0.480 e. The summed E-state index contributed by atoms with van der Waals surface area (Å²) in [5, 5.41) is 12.0. The molecule has 1 saturated heterocycles. The summed E-state index contributed by atoms with van der Waals surface area (Å²) in [4.78, 5) is 10.6. The number of carboxylic acids is 1. The monoisotopic (exact) mass is 220 g/mol. The van der Waals surface area contributed by atoms with Crippen LogP contribution in [0.25, 0.3) is 0 Å². The van der Waals surface area contributed by atoms with Gasteiger partial charge in [0, 0.05) is 12.6 Å². The van der Waals surface area contributed by atoms with E-state index in [1.807, 2.05) is 18.2 Å². The Hall–Kier alpha value is -1.39. The zero-order chi connectivity index (χ0) is 11.5. The number of nitrogens with two attached hydrogens (primary N) is 1. The Morgan fingerprint density at radius 1 is 1.56 bits per heavy atom. The molecule has 0 bridgehead atoms. The fourth-order valence-electron chi connectivity index (χ4n) is 1.74. The van der Waals surface area contributed by atoms with Crippen molar-refractivity contribution in [2.45, 2.75) is 24.9 Å². The van der Waals surface area contributed by atoms with Crippen LogP contribution in [0.2, 0.25) is 0 Å². The molecule has 1 aromatic rings. The minimum atomic E-state index is -0.950. The molecule has 0 aromatic heterocycles. The third kappa shape index (κ3) is 3.05. The van der Waals surface area contributed by atoms with Gasteiger partial charge in [-0.15, -0.1) is 0 Å². The second-order valence-electron chi connectivity index (χ2n) is 4.28. The highest BCUT2D eigenvalue weighted by Gasteiger charge is 2.20. The Morgan fingerprint density at radius 3 is 2.88 bits per heavy atom. The van der Waals surface area contributed by atoms with Crippen molar-refractivity contribution in [3.63, 3.8) is 0 Å². The molecule has 0 amide bonds. The van der Waals surface area contributed by atoms with Crippen LogP contribution in [0.15, 0.2) is 24.3 Å². The summed E-state index contributed by atoms with van der Waals surface area (Å²) in [6.07, 6.45) is 1.40. The summed E-state index contributed by atoms with van der Waals surface area (Å²) in [6.45, 7) is 1.08. The van der Waals surface area contributed by atoms with E-state index in [-0.39, 0.29) is 0 Å². The maximum atomic E-state index is 10.6. The summed E-state index contributed by atoms with van der Waals surface area (Å²) >= 11 is 0. The lowest BCUT2D eigenvalue weighted by molar-refractivity contribution is -0.138. The molecule has 1 aromatic carbocycles. The fourth-order valence-corrected chi connectivity index (χ4v) is 1.74. The van der Waals surface area contributed by atoms with Crippen LogP contribution in [0.1, 0.15) is 11.1 Å². The molecule has 1 fully saturated rings. The van der Waals surface area contributed by atoms with Gasteiger partial charge in [0.1, 0.15) is 6.04 Å². The number of hydrogen-bond donors (Lipinski definition) is 3. The summed E-state index contributed by atoms with van der Waals surface area (Å²) in [5.41, 5.74) is 7.73. The smallest absolute Gasteiger partial charge is 0.320 e. The van der Waals surface area contributed by atoms with E-state index in [2.05, 4.69) is 11.4 Å². The van der Waals surface area contributed by atoms with Gasteiger partial charge in [-0.05, 0) is 24.0 Å². The Kier molecular flexibility index (Phi) is 3.22. The van der Waals surface area contributed by atoms with Gasteiger partial charge in [-0.25, -0.2) is 0 Å². The molecular formula is C12H16N2O2. The van der Waals surface area contributed by atoms with Gasteiger partial charge in [0.05, 0.1) is 0 Å². The maximum Gasteiger partial charge on any atom is 0.320 e. The predicted octanol–water partition coefficient (Wildman–Crippen LogP) is 0.155. The first-order valence-corrected chi connectivity index (χ1v) is 5.45. The Labute approximate surface area is 94.5 Å². The van der Waals surface area contributed by atoms with Crippen molar-refractivity contribution in [1.29, 1.82) is 0 Å². The molecule has 2 rings (SSSR count). The first-order valence-electron chi connectivity index (χ1n) is 5.45. The number of nitrogens with one attached hydrogen (secondary N) is 1. The lowest BCUT2D eigenvalue weighted by Gasteiger charge is -2.07. The van der Waals surface area contributed by atoms with Crippen LogP contribution in [0.4, 0.5) is 0 Å². The summed E-state index contributed by atoms with van der Waals surface area (Å²) in [7, 11) is 0. The van der Waals surface area contributed by atoms with Crippen LogP contribution in [0, 0.1) is 0 Å². The Bertz CT molecular complexity index is 388. The number of hydrogen-bond acceptors (Lipinski definition) is 3. The normalized spacial score (nSPS) is 20.4. The second-order valence-corrected chi connectivity index (χ2v) is 4.28. The molecule has 0 aliphatic carbocycles. The molecule has 4 heteroatoms.